The zero-order valence-electron chi connectivity index (χ0n) is 8.87. The molecule has 0 aromatic carbocycles. The lowest BCUT2D eigenvalue weighted by Crippen LogP contribution is -2.54. The van der Waals surface area contributed by atoms with Gasteiger partial charge < -0.3 is 4.74 Å². The van der Waals surface area contributed by atoms with Gasteiger partial charge in [-0.1, -0.05) is 0 Å². The van der Waals surface area contributed by atoms with Gasteiger partial charge in [0.25, 0.3) is 0 Å². The van der Waals surface area contributed by atoms with Crippen molar-refractivity contribution >= 4 is 6.09 Å². The molecule has 84 valence electrons. The molecule has 0 aromatic rings. The number of nitrogens with one attached hydrogen (secondary N) is 1. The molecule has 4 saturated carbocycles. The lowest BCUT2D eigenvalue weighted by Gasteiger charge is -2.55. The maximum absolute atomic E-state index is 11.2. The summed E-state index contributed by atoms with van der Waals surface area (Å²) in [7, 11) is 0. The Balaban J connectivity index is 1.78. The number of ether oxygens (including phenoxy) is 1. The van der Waals surface area contributed by atoms with Gasteiger partial charge in [-0.2, -0.15) is 0 Å². The Kier molecular flexibility index (Phi) is 1.96. The Morgan fingerprint density at radius 3 is 2.00 bits per heavy atom. The standard InChI is InChI=1S/C11H18N2O2/c12-13-10(14)15-11-4-7-1-8(5-11)3-9(2-7)6-11/h7-9H,1-6,12H2,(H,13,14). The second-order valence-electron chi connectivity index (χ2n) is 5.63. The summed E-state index contributed by atoms with van der Waals surface area (Å²) in [5.74, 6) is 7.46. The van der Waals surface area contributed by atoms with Crippen LogP contribution in [0.15, 0.2) is 0 Å². The molecule has 0 aliphatic heterocycles. The van der Waals surface area contributed by atoms with Crippen molar-refractivity contribution in [2.24, 2.45) is 23.6 Å². The third kappa shape index (κ3) is 1.51. The van der Waals surface area contributed by atoms with Crippen LogP contribution in [0.3, 0.4) is 0 Å². The summed E-state index contributed by atoms with van der Waals surface area (Å²) < 4.78 is 5.52. The first kappa shape index (κ1) is 9.46. The molecule has 1 amide bonds. The average molecular weight is 210 g/mol. The Labute approximate surface area is 89.5 Å². The van der Waals surface area contributed by atoms with Crippen LogP contribution in [-0.4, -0.2) is 11.7 Å². The largest absolute Gasteiger partial charge is 0.442 e. The van der Waals surface area contributed by atoms with E-state index < -0.39 is 6.09 Å². The van der Waals surface area contributed by atoms with Gasteiger partial charge in [0.15, 0.2) is 0 Å². The second-order valence-corrected chi connectivity index (χ2v) is 5.63. The minimum Gasteiger partial charge on any atom is -0.442 e. The van der Waals surface area contributed by atoms with E-state index in [1.54, 1.807) is 0 Å². The molecule has 3 N–H and O–H groups in total. The second kappa shape index (κ2) is 3.11. The molecule has 4 fully saturated rings. The van der Waals surface area contributed by atoms with Gasteiger partial charge in [-0.3, -0.25) is 5.43 Å². The van der Waals surface area contributed by atoms with E-state index in [0.29, 0.717) is 0 Å². The Hall–Kier alpha value is -0.770. The highest BCUT2D eigenvalue weighted by Gasteiger charge is 2.53. The number of hydrazine groups is 1. The number of nitrogens with two attached hydrogens (primary N) is 1. The fraction of sp³-hybridized carbons (Fsp3) is 0.909. The van der Waals surface area contributed by atoms with Crippen LogP contribution in [0.1, 0.15) is 38.5 Å². The number of amides is 1. The van der Waals surface area contributed by atoms with Crippen molar-refractivity contribution in [3.8, 4) is 0 Å². The average Bonchev–Trinajstić information content (AvgIpc) is 2.14. The van der Waals surface area contributed by atoms with Crippen molar-refractivity contribution in [1.82, 2.24) is 5.43 Å². The quantitative estimate of drug-likeness (QED) is 0.392. The van der Waals surface area contributed by atoms with Gasteiger partial charge in [0.1, 0.15) is 5.60 Å². The molecule has 0 unspecified atom stereocenters. The summed E-state index contributed by atoms with van der Waals surface area (Å²) in [4.78, 5) is 11.2. The van der Waals surface area contributed by atoms with Gasteiger partial charge in [-0.05, 0) is 56.3 Å². The van der Waals surface area contributed by atoms with Gasteiger partial charge in [0, 0.05) is 0 Å². The maximum Gasteiger partial charge on any atom is 0.421 e. The van der Waals surface area contributed by atoms with Crippen LogP contribution < -0.4 is 11.3 Å². The predicted octanol–water partition coefficient (Wildman–Crippen LogP) is 1.56. The maximum atomic E-state index is 11.2. The third-order valence-electron chi connectivity index (χ3n) is 4.41. The van der Waals surface area contributed by atoms with Crippen molar-refractivity contribution in [2.75, 3.05) is 0 Å². The molecular formula is C11H18N2O2. The zero-order chi connectivity index (χ0) is 10.5. The molecule has 0 atom stereocenters. The molecule has 4 bridgehead atoms. The highest BCUT2D eigenvalue weighted by Crippen LogP contribution is 2.57. The van der Waals surface area contributed by atoms with Crippen LogP contribution in [0.5, 0.6) is 0 Å². The van der Waals surface area contributed by atoms with Crippen molar-refractivity contribution < 1.29 is 9.53 Å². The van der Waals surface area contributed by atoms with E-state index in [-0.39, 0.29) is 5.60 Å². The van der Waals surface area contributed by atoms with Crippen LogP contribution in [-0.2, 0) is 4.74 Å². The molecule has 4 aliphatic carbocycles. The lowest BCUT2D eigenvalue weighted by molar-refractivity contribution is -0.127. The van der Waals surface area contributed by atoms with E-state index in [9.17, 15) is 4.79 Å². The fourth-order valence-electron chi connectivity index (χ4n) is 4.38. The van der Waals surface area contributed by atoms with Crippen LogP contribution in [0.2, 0.25) is 0 Å². The monoisotopic (exact) mass is 210 g/mol. The normalized spacial score (nSPS) is 46.6. The highest BCUT2D eigenvalue weighted by molar-refractivity contribution is 5.67. The number of hydrogen-bond donors (Lipinski definition) is 2. The highest BCUT2D eigenvalue weighted by atomic mass is 16.6. The Morgan fingerprint density at radius 1 is 1.13 bits per heavy atom. The number of carbonyl (C=O) groups excluding carboxylic acids is 1. The van der Waals surface area contributed by atoms with Crippen molar-refractivity contribution in [1.29, 1.82) is 0 Å². The molecular weight excluding hydrogens is 192 g/mol. The van der Waals surface area contributed by atoms with Gasteiger partial charge in [-0.25, -0.2) is 10.6 Å². The fourth-order valence-corrected chi connectivity index (χ4v) is 4.38. The number of hydrogen-bond acceptors (Lipinski definition) is 3. The molecule has 4 aliphatic rings. The van der Waals surface area contributed by atoms with Crippen LogP contribution in [0.4, 0.5) is 4.79 Å². The minimum atomic E-state index is -0.461. The van der Waals surface area contributed by atoms with Crippen LogP contribution in [0, 0.1) is 17.8 Å². The smallest absolute Gasteiger partial charge is 0.421 e. The van der Waals surface area contributed by atoms with Gasteiger partial charge in [0.2, 0.25) is 0 Å². The van der Waals surface area contributed by atoms with Crippen molar-refractivity contribution in [3.63, 3.8) is 0 Å². The Morgan fingerprint density at radius 2 is 1.60 bits per heavy atom. The Bertz CT molecular complexity index is 255. The summed E-state index contributed by atoms with van der Waals surface area (Å²) in [5, 5.41) is 0. The topological polar surface area (TPSA) is 64.3 Å². The molecule has 4 nitrogen and oxygen atoms in total. The molecule has 0 saturated heterocycles. The van der Waals surface area contributed by atoms with E-state index in [2.05, 4.69) is 5.43 Å². The van der Waals surface area contributed by atoms with Crippen molar-refractivity contribution in [3.05, 3.63) is 0 Å². The van der Waals surface area contributed by atoms with Crippen LogP contribution >= 0.6 is 0 Å². The van der Waals surface area contributed by atoms with Crippen molar-refractivity contribution in [2.45, 2.75) is 44.1 Å². The summed E-state index contributed by atoms with van der Waals surface area (Å²) >= 11 is 0. The first-order chi connectivity index (χ1) is 7.19. The van der Waals surface area contributed by atoms with Gasteiger partial charge in [-0.15, -0.1) is 0 Å². The number of rotatable bonds is 1. The third-order valence-corrected chi connectivity index (χ3v) is 4.41. The van der Waals surface area contributed by atoms with E-state index in [4.69, 9.17) is 10.6 Å². The predicted molar refractivity (Wildman–Crippen MR) is 54.7 cm³/mol. The summed E-state index contributed by atoms with van der Waals surface area (Å²) in [6, 6.07) is 0. The molecule has 15 heavy (non-hydrogen) atoms. The minimum absolute atomic E-state index is 0.168. The SMILES string of the molecule is NNC(=O)OC12CC3CC(CC(C3)C1)C2. The first-order valence-electron chi connectivity index (χ1n) is 5.89. The van der Waals surface area contributed by atoms with E-state index in [0.717, 1.165) is 37.0 Å². The molecule has 4 heteroatoms. The summed E-state index contributed by atoms with van der Waals surface area (Å²) in [6.07, 6.45) is 6.79. The molecule has 0 spiro atoms. The lowest BCUT2D eigenvalue weighted by atomic mass is 9.54. The molecule has 4 rings (SSSR count). The van der Waals surface area contributed by atoms with E-state index in [1.807, 2.05) is 0 Å². The first-order valence-corrected chi connectivity index (χ1v) is 5.89. The molecule has 0 aromatic heterocycles. The zero-order valence-corrected chi connectivity index (χ0v) is 8.87. The van der Waals surface area contributed by atoms with E-state index in [1.165, 1.54) is 19.3 Å². The van der Waals surface area contributed by atoms with Gasteiger partial charge in [0.05, 0.1) is 0 Å². The number of carbonyl (C=O) groups is 1. The summed E-state index contributed by atoms with van der Waals surface area (Å²) in [5.41, 5.74) is 1.91. The molecule has 0 heterocycles. The van der Waals surface area contributed by atoms with Crippen LogP contribution in [0.25, 0.3) is 0 Å². The summed E-state index contributed by atoms with van der Waals surface area (Å²) in [6.45, 7) is 0. The van der Waals surface area contributed by atoms with Gasteiger partial charge >= 0.3 is 6.09 Å². The molecule has 0 radical (unpaired) electrons. The van der Waals surface area contributed by atoms with E-state index >= 15 is 0 Å².